The van der Waals surface area contributed by atoms with Crippen molar-refractivity contribution >= 4 is 11.6 Å². The highest BCUT2D eigenvalue weighted by Gasteiger charge is 2.19. The van der Waals surface area contributed by atoms with Crippen molar-refractivity contribution in [1.29, 1.82) is 0 Å². The number of amides is 1. The molecule has 1 aromatic rings. The van der Waals surface area contributed by atoms with Gasteiger partial charge >= 0.3 is 0 Å². The van der Waals surface area contributed by atoms with E-state index < -0.39 is 6.10 Å². The first kappa shape index (κ1) is 13.0. The summed E-state index contributed by atoms with van der Waals surface area (Å²) in [5.74, 6) is -0.670. The first-order valence-electron chi connectivity index (χ1n) is 5.98. The Morgan fingerprint density at radius 3 is 3.06 bits per heavy atom. The molecular formula is C13H17FN2O2. The zero-order valence-electron chi connectivity index (χ0n) is 10.5. The maximum absolute atomic E-state index is 14.2. The molecule has 0 bridgehead atoms. The Morgan fingerprint density at radius 2 is 2.33 bits per heavy atom. The Kier molecular flexibility index (Phi) is 3.93. The number of carbonyl (C=O) groups is 1. The third-order valence-electron chi connectivity index (χ3n) is 3.19. The SMILES string of the molecule is COC(C)C(=O)Nc1ccc2c(c1F)CCNC2. The zero-order chi connectivity index (χ0) is 13.1. The molecule has 0 aromatic heterocycles. The summed E-state index contributed by atoms with van der Waals surface area (Å²) < 4.78 is 19.1. The van der Waals surface area contributed by atoms with Gasteiger partial charge in [-0.1, -0.05) is 6.07 Å². The molecule has 0 fully saturated rings. The number of anilines is 1. The molecule has 0 radical (unpaired) electrons. The minimum atomic E-state index is -0.595. The summed E-state index contributed by atoms with van der Waals surface area (Å²) in [5.41, 5.74) is 1.87. The fourth-order valence-corrected chi connectivity index (χ4v) is 1.97. The van der Waals surface area contributed by atoms with E-state index in [0.717, 1.165) is 12.1 Å². The highest BCUT2D eigenvalue weighted by molar-refractivity contribution is 5.94. The van der Waals surface area contributed by atoms with Crippen LogP contribution in [0.5, 0.6) is 0 Å². The fraction of sp³-hybridized carbons (Fsp3) is 0.462. The summed E-state index contributed by atoms with van der Waals surface area (Å²) >= 11 is 0. The van der Waals surface area contributed by atoms with Crippen LogP contribution in [0, 0.1) is 5.82 Å². The van der Waals surface area contributed by atoms with Crippen LogP contribution in [0.1, 0.15) is 18.1 Å². The molecule has 1 aliphatic rings. The molecule has 0 aliphatic carbocycles. The molecule has 0 saturated heterocycles. The van der Waals surface area contributed by atoms with E-state index in [1.54, 1.807) is 13.0 Å². The third kappa shape index (κ3) is 2.52. The molecule has 4 nitrogen and oxygen atoms in total. The summed E-state index contributed by atoms with van der Waals surface area (Å²) in [7, 11) is 1.44. The molecule has 1 heterocycles. The molecule has 2 rings (SSSR count). The lowest BCUT2D eigenvalue weighted by atomic mass is 9.99. The van der Waals surface area contributed by atoms with Gasteiger partial charge in [-0.05, 0) is 37.1 Å². The van der Waals surface area contributed by atoms with Crippen LogP contribution in [-0.4, -0.2) is 25.7 Å². The zero-order valence-corrected chi connectivity index (χ0v) is 10.5. The standard InChI is InChI=1S/C13H17FN2O2/c1-8(18-2)13(17)16-11-4-3-9-7-15-6-5-10(9)12(11)14/h3-4,8,15H,5-7H2,1-2H3,(H,16,17). The lowest BCUT2D eigenvalue weighted by Crippen LogP contribution is -2.28. The predicted octanol–water partition coefficient (Wildman–Crippen LogP) is 1.44. The van der Waals surface area contributed by atoms with Crippen LogP contribution in [0.2, 0.25) is 0 Å². The Balaban J connectivity index is 2.22. The van der Waals surface area contributed by atoms with E-state index in [9.17, 15) is 9.18 Å². The summed E-state index contributed by atoms with van der Waals surface area (Å²) in [6.07, 6.45) is 0.0483. The molecule has 1 unspecified atom stereocenters. The molecule has 1 aliphatic heterocycles. The first-order valence-corrected chi connectivity index (χ1v) is 5.98. The van der Waals surface area contributed by atoms with Gasteiger partial charge in [0.1, 0.15) is 11.9 Å². The van der Waals surface area contributed by atoms with Crippen molar-refractivity contribution in [3.63, 3.8) is 0 Å². The molecule has 1 amide bonds. The van der Waals surface area contributed by atoms with Crippen LogP contribution < -0.4 is 10.6 Å². The highest BCUT2D eigenvalue weighted by atomic mass is 19.1. The minimum Gasteiger partial charge on any atom is -0.372 e. The van der Waals surface area contributed by atoms with Gasteiger partial charge < -0.3 is 15.4 Å². The van der Waals surface area contributed by atoms with E-state index in [0.29, 0.717) is 18.5 Å². The second kappa shape index (κ2) is 5.46. The Bertz CT molecular complexity index is 463. The summed E-state index contributed by atoms with van der Waals surface area (Å²) in [6.45, 7) is 3.06. The predicted molar refractivity (Wildman–Crippen MR) is 66.9 cm³/mol. The van der Waals surface area contributed by atoms with E-state index >= 15 is 0 Å². The van der Waals surface area contributed by atoms with Gasteiger partial charge in [0, 0.05) is 13.7 Å². The molecule has 18 heavy (non-hydrogen) atoms. The molecular weight excluding hydrogens is 235 g/mol. The maximum atomic E-state index is 14.2. The van der Waals surface area contributed by atoms with Crippen LogP contribution in [-0.2, 0) is 22.5 Å². The molecule has 1 aromatic carbocycles. The Labute approximate surface area is 106 Å². The molecule has 5 heteroatoms. The van der Waals surface area contributed by atoms with Crippen molar-refractivity contribution in [3.05, 3.63) is 29.1 Å². The average molecular weight is 252 g/mol. The van der Waals surface area contributed by atoms with Crippen LogP contribution in [0.15, 0.2) is 12.1 Å². The number of ether oxygens (including phenoxy) is 1. The number of fused-ring (bicyclic) bond motifs is 1. The minimum absolute atomic E-state index is 0.226. The van der Waals surface area contributed by atoms with Crippen molar-refractivity contribution < 1.29 is 13.9 Å². The Hall–Kier alpha value is -1.46. The lowest BCUT2D eigenvalue weighted by molar-refractivity contribution is -0.124. The van der Waals surface area contributed by atoms with Crippen molar-refractivity contribution in [1.82, 2.24) is 5.32 Å². The number of rotatable bonds is 3. The largest absolute Gasteiger partial charge is 0.372 e. The monoisotopic (exact) mass is 252 g/mol. The van der Waals surface area contributed by atoms with Crippen molar-refractivity contribution in [2.24, 2.45) is 0 Å². The maximum Gasteiger partial charge on any atom is 0.253 e. The number of benzene rings is 1. The van der Waals surface area contributed by atoms with Crippen LogP contribution in [0.4, 0.5) is 10.1 Å². The lowest BCUT2D eigenvalue weighted by Gasteiger charge is -2.20. The number of methoxy groups -OCH3 is 1. The van der Waals surface area contributed by atoms with E-state index in [1.165, 1.54) is 7.11 Å². The number of hydrogen-bond donors (Lipinski definition) is 2. The van der Waals surface area contributed by atoms with Gasteiger partial charge in [-0.15, -0.1) is 0 Å². The van der Waals surface area contributed by atoms with Gasteiger partial charge in [-0.2, -0.15) is 0 Å². The van der Waals surface area contributed by atoms with Crippen LogP contribution in [0.3, 0.4) is 0 Å². The molecule has 98 valence electrons. The van der Waals surface area contributed by atoms with Crippen molar-refractivity contribution in [3.8, 4) is 0 Å². The molecule has 0 spiro atoms. The Morgan fingerprint density at radius 1 is 1.56 bits per heavy atom. The van der Waals surface area contributed by atoms with E-state index in [4.69, 9.17) is 4.74 Å². The van der Waals surface area contributed by atoms with Gasteiger partial charge in [-0.3, -0.25) is 4.79 Å². The van der Waals surface area contributed by atoms with Gasteiger partial charge in [0.05, 0.1) is 5.69 Å². The van der Waals surface area contributed by atoms with Gasteiger partial charge in [-0.25, -0.2) is 4.39 Å². The summed E-state index contributed by atoms with van der Waals surface area (Å²) in [5, 5.41) is 5.73. The highest BCUT2D eigenvalue weighted by Crippen LogP contribution is 2.24. The summed E-state index contributed by atoms with van der Waals surface area (Å²) in [6, 6.07) is 3.44. The van der Waals surface area contributed by atoms with Crippen molar-refractivity contribution in [2.45, 2.75) is 26.0 Å². The number of carbonyl (C=O) groups excluding carboxylic acids is 1. The van der Waals surface area contributed by atoms with Gasteiger partial charge in [0.15, 0.2) is 0 Å². The van der Waals surface area contributed by atoms with Gasteiger partial charge in [0.2, 0.25) is 0 Å². The normalized spacial score (nSPS) is 15.9. The van der Waals surface area contributed by atoms with E-state index in [1.807, 2.05) is 6.07 Å². The van der Waals surface area contributed by atoms with Gasteiger partial charge in [0.25, 0.3) is 5.91 Å². The quantitative estimate of drug-likeness (QED) is 0.856. The number of hydrogen-bond acceptors (Lipinski definition) is 3. The molecule has 0 saturated carbocycles. The average Bonchev–Trinajstić information content (AvgIpc) is 2.41. The van der Waals surface area contributed by atoms with Crippen molar-refractivity contribution in [2.75, 3.05) is 19.0 Å². The van der Waals surface area contributed by atoms with Crippen LogP contribution >= 0.6 is 0 Å². The number of nitrogens with one attached hydrogen (secondary N) is 2. The third-order valence-corrected chi connectivity index (χ3v) is 3.19. The first-order chi connectivity index (χ1) is 8.63. The van der Waals surface area contributed by atoms with E-state index in [2.05, 4.69) is 10.6 Å². The second-order valence-electron chi connectivity index (χ2n) is 4.36. The fourth-order valence-electron chi connectivity index (χ4n) is 1.97. The number of halogens is 1. The second-order valence-corrected chi connectivity index (χ2v) is 4.36. The van der Waals surface area contributed by atoms with Crippen LogP contribution in [0.25, 0.3) is 0 Å². The summed E-state index contributed by atoms with van der Waals surface area (Å²) in [4.78, 5) is 11.6. The molecule has 1 atom stereocenters. The smallest absolute Gasteiger partial charge is 0.253 e. The molecule has 2 N–H and O–H groups in total. The van der Waals surface area contributed by atoms with E-state index in [-0.39, 0.29) is 17.4 Å². The topological polar surface area (TPSA) is 50.4 Å².